The molecule has 1 unspecified atom stereocenters. The zero-order chi connectivity index (χ0) is 15.5. The summed E-state index contributed by atoms with van der Waals surface area (Å²) in [5, 5.41) is 3.24. The quantitative estimate of drug-likeness (QED) is 0.866. The highest BCUT2D eigenvalue weighted by Crippen LogP contribution is 2.23. The number of hydrogen-bond acceptors (Lipinski definition) is 4. The standard InChI is InChI=1S/C16H30N2O3/c1-15(2,3)21-14(19)18-8-5-6-13(10-18)7-9-20-16(4)11-17-12-16/h13,17H,5-12H2,1-4H3. The molecule has 122 valence electrons. The normalized spacial score (nSPS) is 25.3. The van der Waals surface area contributed by atoms with E-state index in [-0.39, 0.29) is 11.7 Å². The van der Waals surface area contributed by atoms with Crippen molar-refractivity contribution in [2.75, 3.05) is 32.8 Å². The van der Waals surface area contributed by atoms with Crippen LogP contribution in [0.1, 0.15) is 47.0 Å². The Morgan fingerprint density at radius 3 is 2.67 bits per heavy atom. The van der Waals surface area contributed by atoms with Crippen molar-refractivity contribution < 1.29 is 14.3 Å². The van der Waals surface area contributed by atoms with Crippen molar-refractivity contribution in [2.45, 2.75) is 58.2 Å². The molecule has 0 aromatic heterocycles. The fourth-order valence-electron chi connectivity index (χ4n) is 2.84. The molecule has 2 saturated heterocycles. The first kappa shape index (κ1) is 16.6. The second kappa shape index (κ2) is 6.53. The zero-order valence-corrected chi connectivity index (χ0v) is 13.9. The molecule has 5 heteroatoms. The van der Waals surface area contributed by atoms with Crippen LogP contribution in [0.2, 0.25) is 0 Å². The van der Waals surface area contributed by atoms with Crippen molar-refractivity contribution in [1.29, 1.82) is 0 Å². The van der Waals surface area contributed by atoms with Gasteiger partial charge in [0.2, 0.25) is 0 Å². The number of carbonyl (C=O) groups is 1. The number of nitrogens with zero attached hydrogens (tertiary/aromatic N) is 1. The molecule has 2 fully saturated rings. The molecule has 2 rings (SSSR count). The molecule has 21 heavy (non-hydrogen) atoms. The number of hydrogen-bond donors (Lipinski definition) is 1. The number of ether oxygens (including phenoxy) is 2. The minimum atomic E-state index is -0.418. The summed E-state index contributed by atoms with van der Waals surface area (Å²) in [6.45, 7) is 12.2. The van der Waals surface area contributed by atoms with E-state index in [0.717, 1.165) is 45.6 Å². The Kier molecular flexibility index (Phi) is 5.15. The predicted molar refractivity (Wildman–Crippen MR) is 82.4 cm³/mol. The minimum absolute atomic E-state index is 0.0273. The van der Waals surface area contributed by atoms with E-state index in [4.69, 9.17) is 9.47 Å². The van der Waals surface area contributed by atoms with E-state index < -0.39 is 5.60 Å². The van der Waals surface area contributed by atoms with E-state index in [2.05, 4.69) is 12.2 Å². The number of nitrogens with one attached hydrogen (secondary N) is 1. The Morgan fingerprint density at radius 2 is 2.10 bits per heavy atom. The number of amides is 1. The first-order chi connectivity index (χ1) is 9.77. The lowest BCUT2D eigenvalue weighted by atomic mass is 9.95. The summed E-state index contributed by atoms with van der Waals surface area (Å²) in [5.41, 5.74) is -0.390. The van der Waals surface area contributed by atoms with Crippen molar-refractivity contribution >= 4 is 6.09 Å². The molecule has 0 radical (unpaired) electrons. The maximum Gasteiger partial charge on any atom is 0.410 e. The fraction of sp³-hybridized carbons (Fsp3) is 0.938. The van der Waals surface area contributed by atoms with Crippen LogP contribution in [0.5, 0.6) is 0 Å². The number of carbonyl (C=O) groups excluding carboxylic acids is 1. The van der Waals surface area contributed by atoms with Gasteiger partial charge in [0.15, 0.2) is 0 Å². The van der Waals surface area contributed by atoms with Gasteiger partial charge in [0, 0.05) is 32.8 Å². The second-order valence-corrected chi connectivity index (χ2v) is 7.63. The van der Waals surface area contributed by atoms with E-state index >= 15 is 0 Å². The SMILES string of the molecule is CC(C)(C)OC(=O)N1CCCC(CCOC2(C)CNC2)C1. The largest absolute Gasteiger partial charge is 0.444 e. The third-order valence-corrected chi connectivity index (χ3v) is 4.15. The fourth-order valence-corrected chi connectivity index (χ4v) is 2.84. The number of rotatable bonds is 4. The molecule has 1 amide bonds. The van der Waals surface area contributed by atoms with Gasteiger partial charge in [-0.25, -0.2) is 4.79 Å². The van der Waals surface area contributed by atoms with Gasteiger partial charge >= 0.3 is 6.09 Å². The summed E-state index contributed by atoms with van der Waals surface area (Å²) in [6, 6.07) is 0. The Morgan fingerprint density at radius 1 is 1.38 bits per heavy atom. The highest BCUT2D eigenvalue weighted by molar-refractivity contribution is 5.68. The van der Waals surface area contributed by atoms with E-state index in [1.165, 1.54) is 6.42 Å². The average molecular weight is 298 g/mol. The highest BCUT2D eigenvalue weighted by Gasteiger charge is 2.33. The Bertz CT molecular complexity index is 361. The van der Waals surface area contributed by atoms with Crippen LogP contribution in [0.15, 0.2) is 0 Å². The topological polar surface area (TPSA) is 50.8 Å². The lowest BCUT2D eigenvalue weighted by molar-refractivity contribution is -0.0727. The maximum absolute atomic E-state index is 12.1. The van der Waals surface area contributed by atoms with Crippen molar-refractivity contribution in [1.82, 2.24) is 10.2 Å². The molecule has 0 aliphatic carbocycles. The van der Waals surface area contributed by atoms with Gasteiger partial charge in [-0.05, 0) is 52.9 Å². The maximum atomic E-state index is 12.1. The molecule has 5 nitrogen and oxygen atoms in total. The molecule has 1 atom stereocenters. The van der Waals surface area contributed by atoms with Gasteiger partial charge in [-0.1, -0.05) is 0 Å². The van der Waals surface area contributed by atoms with Crippen molar-refractivity contribution in [3.8, 4) is 0 Å². The summed E-state index contributed by atoms with van der Waals surface area (Å²) in [7, 11) is 0. The lowest BCUT2D eigenvalue weighted by Crippen LogP contribution is -2.59. The first-order valence-electron chi connectivity index (χ1n) is 8.10. The third-order valence-electron chi connectivity index (χ3n) is 4.15. The summed E-state index contributed by atoms with van der Waals surface area (Å²) in [6.07, 6.45) is 3.08. The lowest BCUT2D eigenvalue weighted by Gasteiger charge is -2.40. The first-order valence-corrected chi connectivity index (χ1v) is 8.10. The molecular weight excluding hydrogens is 268 g/mol. The highest BCUT2D eigenvalue weighted by atomic mass is 16.6. The van der Waals surface area contributed by atoms with E-state index in [1.54, 1.807) is 0 Å². The Balaban J connectivity index is 1.71. The summed E-state index contributed by atoms with van der Waals surface area (Å²) < 4.78 is 11.4. The van der Waals surface area contributed by atoms with Gasteiger partial charge in [-0.15, -0.1) is 0 Å². The van der Waals surface area contributed by atoms with Gasteiger partial charge < -0.3 is 19.7 Å². The molecule has 0 bridgehead atoms. The summed E-state index contributed by atoms with van der Waals surface area (Å²) >= 11 is 0. The van der Waals surface area contributed by atoms with E-state index in [9.17, 15) is 4.79 Å². The van der Waals surface area contributed by atoms with Crippen molar-refractivity contribution in [3.05, 3.63) is 0 Å². The smallest absolute Gasteiger partial charge is 0.410 e. The minimum Gasteiger partial charge on any atom is -0.444 e. The van der Waals surface area contributed by atoms with Crippen LogP contribution in [0.25, 0.3) is 0 Å². The van der Waals surface area contributed by atoms with Crippen LogP contribution in [0.4, 0.5) is 4.79 Å². The molecule has 0 spiro atoms. The van der Waals surface area contributed by atoms with Crippen LogP contribution in [-0.2, 0) is 9.47 Å². The molecule has 0 aromatic carbocycles. The van der Waals surface area contributed by atoms with E-state index in [1.807, 2.05) is 25.7 Å². The third kappa shape index (κ3) is 5.15. The molecule has 0 aromatic rings. The van der Waals surface area contributed by atoms with Crippen LogP contribution >= 0.6 is 0 Å². The van der Waals surface area contributed by atoms with E-state index in [0.29, 0.717) is 5.92 Å². The monoisotopic (exact) mass is 298 g/mol. The van der Waals surface area contributed by atoms with Gasteiger partial charge in [0.05, 0.1) is 5.60 Å². The van der Waals surface area contributed by atoms with Gasteiger partial charge in [-0.3, -0.25) is 0 Å². The van der Waals surface area contributed by atoms with Gasteiger partial charge in [0.1, 0.15) is 5.60 Å². The van der Waals surface area contributed by atoms with Crippen LogP contribution in [0.3, 0.4) is 0 Å². The van der Waals surface area contributed by atoms with Crippen molar-refractivity contribution in [3.63, 3.8) is 0 Å². The second-order valence-electron chi connectivity index (χ2n) is 7.63. The Hall–Kier alpha value is -0.810. The summed E-state index contributed by atoms with van der Waals surface area (Å²) in [4.78, 5) is 14.0. The van der Waals surface area contributed by atoms with Crippen LogP contribution < -0.4 is 5.32 Å². The number of likely N-dealkylation sites (tertiary alicyclic amines) is 1. The van der Waals surface area contributed by atoms with Crippen LogP contribution in [0, 0.1) is 5.92 Å². The molecule has 2 aliphatic heterocycles. The Labute approximate surface area is 128 Å². The summed E-state index contributed by atoms with van der Waals surface area (Å²) in [5.74, 6) is 0.530. The molecule has 2 heterocycles. The van der Waals surface area contributed by atoms with Gasteiger partial charge in [0.25, 0.3) is 0 Å². The van der Waals surface area contributed by atoms with Crippen LogP contribution in [-0.4, -0.2) is 55.0 Å². The zero-order valence-electron chi connectivity index (χ0n) is 13.9. The molecular formula is C16H30N2O3. The molecule has 1 N–H and O–H groups in total. The molecule has 0 saturated carbocycles. The average Bonchev–Trinajstić information content (AvgIpc) is 2.35. The van der Waals surface area contributed by atoms with Gasteiger partial charge in [-0.2, -0.15) is 0 Å². The number of piperidine rings is 1. The van der Waals surface area contributed by atoms with Crippen molar-refractivity contribution in [2.24, 2.45) is 5.92 Å². The molecule has 2 aliphatic rings. The predicted octanol–water partition coefficient (Wildman–Crippen LogP) is 2.40.